The van der Waals surface area contributed by atoms with E-state index in [4.69, 9.17) is 0 Å². The molecule has 0 spiro atoms. The SMILES string of the molecule is CC(C)(O)CNC(=O)Nc1ccc([N+](=O)[O-])cc1. The molecule has 0 atom stereocenters. The minimum Gasteiger partial charge on any atom is -0.389 e. The second-order valence-corrected chi connectivity index (χ2v) is 4.42. The smallest absolute Gasteiger partial charge is 0.319 e. The first-order valence-electron chi connectivity index (χ1n) is 5.29. The van der Waals surface area contributed by atoms with Crippen LogP contribution in [0, 0.1) is 10.1 Å². The Morgan fingerprint density at radius 1 is 1.39 bits per heavy atom. The van der Waals surface area contributed by atoms with Crippen LogP contribution in [0.15, 0.2) is 24.3 Å². The van der Waals surface area contributed by atoms with Crippen molar-refractivity contribution in [2.75, 3.05) is 11.9 Å². The lowest BCUT2D eigenvalue weighted by atomic mass is 10.1. The van der Waals surface area contributed by atoms with Crippen molar-refractivity contribution in [3.05, 3.63) is 34.4 Å². The van der Waals surface area contributed by atoms with Gasteiger partial charge >= 0.3 is 6.03 Å². The van der Waals surface area contributed by atoms with Gasteiger partial charge in [-0.2, -0.15) is 0 Å². The van der Waals surface area contributed by atoms with Gasteiger partial charge in [0.25, 0.3) is 5.69 Å². The zero-order valence-corrected chi connectivity index (χ0v) is 10.1. The molecule has 7 nitrogen and oxygen atoms in total. The summed E-state index contributed by atoms with van der Waals surface area (Å²) in [4.78, 5) is 21.3. The van der Waals surface area contributed by atoms with E-state index in [1.165, 1.54) is 24.3 Å². The van der Waals surface area contributed by atoms with E-state index in [0.717, 1.165) is 0 Å². The van der Waals surface area contributed by atoms with Gasteiger partial charge < -0.3 is 15.7 Å². The molecule has 0 fully saturated rings. The number of carbonyl (C=O) groups excluding carboxylic acids is 1. The van der Waals surface area contributed by atoms with Crippen molar-refractivity contribution in [2.45, 2.75) is 19.4 Å². The van der Waals surface area contributed by atoms with E-state index in [1.807, 2.05) is 0 Å². The number of carbonyl (C=O) groups is 1. The van der Waals surface area contributed by atoms with Crippen LogP contribution >= 0.6 is 0 Å². The van der Waals surface area contributed by atoms with Gasteiger partial charge in [0.2, 0.25) is 0 Å². The number of aliphatic hydroxyl groups is 1. The number of anilines is 1. The van der Waals surface area contributed by atoms with Crippen LogP contribution in [0.5, 0.6) is 0 Å². The van der Waals surface area contributed by atoms with Crippen molar-refractivity contribution in [2.24, 2.45) is 0 Å². The number of urea groups is 1. The molecular weight excluding hydrogens is 238 g/mol. The monoisotopic (exact) mass is 253 g/mol. The highest BCUT2D eigenvalue weighted by atomic mass is 16.6. The molecule has 7 heteroatoms. The summed E-state index contributed by atoms with van der Waals surface area (Å²) in [5, 5.41) is 24.8. The number of rotatable bonds is 4. The number of nitro benzene ring substituents is 1. The molecule has 0 unspecified atom stereocenters. The Bertz CT molecular complexity index is 437. The number of nitro groups is 1. The Morgan fingerprint density at radius 3 is 2.39 bits per heavy atom. The molecule has 0 saturated heterocycles. The predicted molar refractivity (Wildman–Crippen MR) is 66.4 cm³/mol. The molecular formula is C11H15N3O4. The zero-order valence-electron chi connectivity index (χ0n) is 10.1. The number of hydrogen-bond donors (Lipinski definition) is 3. The molecule has 3 N–H and O–H groups in total. The molecule has 18 heavy (non-hydrogen) atoms. The van der Waals surface area contributed by atoms with Crippen LogP contribution in [0.3, 0.4) is 0 Å². The molecule has 1 aromatic rings. The van der Waals surface area contributed by atoms with Gasteiger partial charge in [0, 0.05) is 24.4 Å². The molecule has 0 saturated carbocycles. The fourth-order valence-electron chi connectivity index (χ4n) is 1.14. The first-order valence-corrected chi connectivity index (χ1v) is 5.29. The summed E-state index contributed by atoms with van der Waals surface area (Å²) in [6.07, 6.45) is 0. The van der Waals surface area contributed by atoms with Gasteiger partial charge in [-0.15, -0.1) is 0 Å². The maximum Gasteiger partial charge on any atom is 0.319 e. The van der Waals surface area contributed by atoms with Gasteiger partial charge in [-0.1, -0.05) is 0 Å². The second kappa shape index (κ2) is 5.46. The predicted octanol–water partition coefficient (Wildman–Crippen LogP) is 1.49. The van der Waals surface area contributed by atoms with Gasteiger partial charge in [0.05, 0.1) is 10.5 Å². The van der Waals surface area contributed by atoms with E-state index in [1.54, 1.807) is 13.8 Å². The summed E-state index contributed by atoms with van der Waals surface area (Å²) in [5.74, 6) is 0. The Hall–Kier alpha value is -2.15. The normalized spacial score (nSPS) is 10.8. The highest BCUT2D eigenvalue weighted by molar-refractivity contribution is 5.89. The molecule has 1 aromatic carbocycles. The fraction of sp³-hybridized carbons (Fsp3) is 0.364. The molecule has 1 rings (SSSR count). The third kappa shape index (κ3) is 4.79. The number of benzene rings is 1. The van der Waals surface area contributed by atoms with Gasteiger partial charge in [-0.25, -0.2) is 4.79 Å². The topological polar surface area (TPSA) is 104 Å². The molecule has 0 aliphatic rings. The Labute approximate surface area is 104 Å². The minimum atomic E-state index is -0.993. The van der Waals surface area contributed by atoms with Crippen LogP contribution in [0.25, 0.3) is 0 Å². The Balaban J connectivity index is 2.52. The van der Waals surface area contributed by atoms with Crippen LogP contribution < -0.4 is 10.6 Å². The maximum absolute atomic E-state index is 11.4. The lowest BCUT2D eigenvalue weighted by Crippen LogP contribution is -2.40. The summed E-state index contributed by atoms with van der Waals surface area (Å²) in [7, 11) is 0. The van der Waals surface area contributed by atoms with Crippen molar-refractivity contribution in [1.82, 2.24) is 5.32 Å². The third-order valence-electron chi connectivity index (χ3n) is 2.02. The lowest BCUT2D eigenvalue weighted by Gasteiger charge is -2.17. The molecule has 0 aliphatic heterocycles. The van der Waals surface area contributed by atoms with E-state index >= 15 is 0 Å². The lowest BCUT2D eigenvalue weighted by molar-refractivity contribution is -0.384. The quantitative estimate of drug-likeness (QED) is 0.558. The summed E-state index contributed by atoms with van der Waals surface area (Å²) in [6.45, 7) is 3.24. The van der Waals surface area contributed by atoms with E-state index in [0.29, 0.717) is 5.69 Å². The molecule has 2 amide bonds. The highest BCUT2D eigenvalue weighted by Gasteiger charge is 2.13. The second-order valence-electron chi connectivity index (χ2n) is 4.42. The van der Waals surface area contributed by atoms with Crippen molar-refractivity contribution in [1.29, 1.82) is 0 Å². The van der Waals surface area contributed by atoms with Crippen molar-refractivity contribution in [3.63, 3.8) is 0 Å². The van der Waals surface area contributed by atoms with Crippen LogP contribution in [0.4, 0.5) is 16.2 Å². The van der Waals surface area contributed by atoms with Gasteiger partial charge in [0.15, 0.2) is 0 Å². The van der Waals surface area contributed by atoms with E-state index in [2.05, 4.69) is 10.6 Å². The standard InChI is InChI=1S/C11H15N3O4/c1-11(2,16)7-12-10(15)13-8-3-5-9(6-4-8)14(17)18/h3-6,16H,7H2,1-2H3,(H2,12,13,15). The molecule has 0 aromatic heterocycles. The van der Waals surface area contributed by atoms with Crippen LogP contribution in [0.1, 0.15) is 13.8 Å². The Kier molecular flexibility index (Phi) is 4.22. The Morgan fingerprint density at radius 2 is 1.94 bits per heavy atom. The molecule has 0 heterocycles. The number of nitrogens with zero attached hydrogens (tertiary/aromatic N) is 1. The van der Waals surface area contributed by atoms with Crippen LogP contribution in [-0.4, -0.2) is 28.2 Å². The number of non-ortho nitro benzene ring substituents is 1. The van der Waals surface area contributed by atoms with Crippen LogP contribution in [0.2, 0.25) is 0 Å². The van der Waals surface area contributed by atoms with Crippen molar-refractivity contribution < 1.29 is 14.8 Å². The van der Waals surface area contributed by atoms with Gasteiger partial charge in [-0.3, -0.25) is 10.1 Å². The molecule has 98 valence electrons. The summed E-state index contributed by atoms with van der Waals surface area (Å²) >= 11 is 0. The van der Waals surface area contributed by atoms with E-state index < -0.39 is 16.6 Å². The summed E-state index contributed by atoms with van der Waals surface area (Å²) in [6, 6.07) is 4.98. The van der Waals surface area contributed by atoms with E-state index in [9.17, 15) is 20.0 Å². The zero-order chi connectivity index (χ0) is 13.8. The van der Waals surface area contributed by atoms with E-state index in [-0.39, 0.29) is 12.2 Å². The summed E-state index contributed by atoms with van der Waals surface area (Å²) in [5.41, 5.74) is -0.599. The molecule has 0 bridgehead atoms. The first-order chi connectivity index (χ1) is 8.28. The maximum atomic E-state index is 11.4. The van der Waals surface area contributed by atoms with Crippen LogP contribution in [-0.2, 0) is 0 Å². The average Bonchev–Trinajstić information content (AvgIpc) is 2.26. The first kappa shape index (κ1) is 13.9. The van der Waals surface area contributed by atoms with Crippen molar-refractivity contribution >= 4 is 17.4 Å². The van der Waals surface area contributed by atoms with Crippen molar-refractivity contribution in [3.8, 4) is 0 Å². The number of hydrogen-bond acceptors (Lipinski definition) is 4. The summed E-state index contributed by atoms with van der Waals surface area (Å²) < 4.78 is 0. The minimum absolute atomic E-state index is 0.0440. The molecule has 0 aliphatic carbocycles. The number of amides is 2. The average molecular weight is 253 g/mol. The highest BCUT2D eigenvalue weighted by Crippen LogP contribution is 2.15. The largest absolute Gasteiger partial charge is 0.389 e. The fourth-order valence-corrected chi connectivity index (χ4v) is 1.14. The third-order valence-corrected chi connectivity index (χ3v) is 2.02. The number of nitrogens with one attached hydrogen (secondary N) is 2. The van der Waals surface area contributed by atoms with Gasteiger partial charge in [0.1, 0.15) is 0 Å². The molecule has 0 radical (unpaired) electrons. The van der Waals surface area contributed by atoms with Gasteiger partial charge in [-0.05, 0) is 26.0 Å².